The molecular formula is C27H21N5O5S. The van der Waals surface area contributed by atoms with Crippen LogP contribution in [0.1, 0.15) is 50.9 Å². The van der Waals surface area contributed by atoms with E-state index < -0.39 is 27.3 Å². The molecule has 1 unspecified atom stereocenters. The molecule has 2 N–H and O–H groups in total. The monoisotopic (exact) mass is 527 g/mol. The average Bonchev–Trinajstić information content (AvgIpc) is 3.56. The third-order valence-corrected chi connectivity index (χ3v) is 9.12. The largest absolute Gasteiger partial charge is 0.375 e. The van der Waals surface area contributed by atoms with Crippen molar-refractivity contribution in [3.63, 3.8) is 0 Å². The van der Waals surface area contributed by atoms with Crippen molar-refractivity contribution in [2.24, 2.45) is 4.99 Å². The number of anilines is 2. The second-order valence-corrected chi connectivity index (χ2v) is 11.6. The van der Waals surface area contributed by atoms with Gasteiger partial charge in [0.2, 0.25) is 5.78 Å². The highest BCUT2D eigenvalue weighted by molar-refractivity contribution is 7.90. The van der Waals surface area contributed by atoms with Gasteiger partial charge in [-0.25, -0.2) is 12.4 Å². The average molecular weight is 528 g/mol. The van der Waals surface area contributed by atoms with Gasteiger partial charge in [-0.2, -0.15) is 5.10 Å². The smallest absolute Gasteiger partial charge is 0.269 e. The summed E-state index contributed by atoms with van der Waals surface area (Å²) in [5, 5.41) is 18.1. The first-order chi connectivity index (χ1) is 18.1. The van der Waals surface area contributed by atoms with E-state index in [0.717, 1.165) is 9.54 Å². The first-order valence-corrected chi connectivity index (χ1v) is 13.5. The number of amides is 1. The maximum atomic E-state index is 13.9. The predicted molar refractivity (Wildman–Crippen MR) is 138 cm³/mol. The number of carbonyl (C=O) groups excluding carboxylic acids is 2. The molecule has 0 spiro atoms. The lowest BCUT2D eigenvalue weighted by Crippen LogP contribution is -2.36. The maximum Gasteiger partial charge on any atom is 0.269 e. The van der Waals surface area contributed by atoms with E-state index in [2.05, 4.69) is 15.2 Å². The number of H-pyrrole nitrogens is 1. The molecule has 10 nitrogen and oxygen atoms in total. The van der Waals surface area contributed by atoms with Crippen LogP contribution in [0.15, 0.2) is 64.6 Å². The molecule has 0 saturated carbocycles. The van der Waals surface area contributed by atoms with Crippen LogP contribution >= 0.6 is 0 Å². The lowest BCUT2D eigenvalue weighted by atomic mass is 9.87. The molecule has 1 amide bonds. The Morgan fingerprint density at radius 2 is 1.79 bits per heavy atom. The van der Waals surface area contributed by atoms with Crippen LogP contribution in [-0.2, 0) is 26.8 Å². The summed E-state index contributed by atoms with van der Waals surface area (Å²) in [4.78, 5) is 33.3. The number of para-hydroxylation sites is 1. The molecule has 3 aliphatic rings. The zero-order valence-electron chi connectivity index (χ0n) is 20.4. The Kier molecular flexibility index (Phi) is 4.42. The Hall–Kier alpha value is -4.35. The number of benzene rings is 2. The Morgan fingerprint density at radius 1 is 1.05 bits per heavy atom. The van der Waals surface area contributed by atoms with Crippen LogP contribution in [0.25, 0.3) is 0 Å². The van der Waals surface area contributed by atoms with E-state index >= 15 is 0 Å². The van der Waals surface area contributed by atoms with E-state index in [1.807, 2.05) is 6.92 Å². The van der Waals surface area contributed by atoms with Gasteiger partial charge in [0, 0.05) is 23.9 Å². The fourth-order valence-corrected chi connectivity index (χ4v) is 6.91. The standard InChI is InChI=1S/C27H21N5O5S/c1-14-7-9-16(10-8-14)38(36,37)31-13-15-11-12-28-21-19(15)23(31)24(33)22-20(21)25(30-29-22)32-18-6-4-3-5-17(18)27(2,35)26(32)34/h3-10,13,35H,11-12H2,1-2H3,(H,29,30). The van der Waals surface area contributed by atoms with E-state index in [1.54, 1.807) is 36.4 Å². The van der Waals surface area contributed by atoms with E-state index in [0.29, 0.717) is 46.6 Å². The van der Waals surface area contributed by atoms with Crippen LogP contribution < -0.4 is 4.90 Å². The lowest BCUT2D eigenvalue weighted by molar-refractivity contribution is -0.133. The summed E-state index contributed by atoms with van der Waals surface area (Å²) < 4.78 is 28.4. The summed E-state index contributed by atoms with van der Waals surface area (Å²) in [6.45, 7) is 3.65. The summed E-state index contributed by atoms with van der Waals surface area (Å²) in [5.74, 6) is -1.04. The van der Waals surface area contributed by atoms with Crippen LogP contribution in [0.2, 0.25) is 0 Å². The number of aliphatic imine (C=N–C) groups is 1. The van der Waals surface area contributed by atoms with Crippen molar-refractivity contribution in [2.75, 3.05) is 11.4 Å². The third-order valence-electron chi connectivity index (χ3n) is 7.44. The Bertz CT molecular complexity index is 1860. The number of aryl methyl sites for hydroxylation is 1. The van der Waals surface area contributed by atoms with Crippen LogP contribution in [0, 0.1) is 6.92 Å². The van der Waals surface area contributed by atoms with Crippen LogP contribution in [0.4, 0.5) is 11.5 Å². The minimum atomic E-state index is -4.08. The SMILES string of the molecule is Cc1ccc(S(=O)(=O)n2cc3c4c2C(=O)c2[nH]nc(N5C(=O)C(C)(O)c6ccccc65)c2C4=NCC3)cc1. The van der Waals surface area contributed by atoms with Crippen LogP contribution in [0.5, 0.6) is 0 Å². The summed E-state index contributed by atoms with van der Waals surface area (Å²) in [5.41, 5.74) is 1.84. The fourth-order valence-electron chi connectivity index (χ4n) is 5.52. The highest BCUT2D eigenvalue weighted by Gasteiger charge is 2.50. The van der Waals surface area contributed by atoms with Crippen molar-refractivity contribution in [1.29, 1.82) is 0 Å². The number of aromatic amines is 1. The van der Waals surface area contributed by atoms with Crippen molar-refractivity contribution in [2.45, 2.75) is 30.8 Å². The number of nitrogens with one attached hydrogen (secondary N) is 1. The summed E-state index contributed by atoms with van der Waals surface area (Å²) >= 11 is 0. The first kappa shape index (κ1) is 22.8. The number of ketones is 1. The highest BCUT2D eigenvalue weighted by Crippen LogP contribution is 2.46. The zero-order chi connectivity index (χ0) is 26.6. The molecule has 2 aromatic heterocycles. The normalized spacial score (nSPS) is 19.8. The Morgan fingerprint density at radius 3 is 2.55 bits per heavy atom. The van der Waals surface area contributed by atoms with Crippen molar-refractivity contribution >= 4 is 38.9 Å². The van der Waals surface area contributed by atoms with Gasteiger partial charge in [-0.3, -0.25) is 24.6 Å². The van der Waals surface area contributed by atoms with E-state index in [-0.39, 0.29) is 22.1 Å². The zero-order valence-corrected chi connectivity index (χ0v) is 21.2. The second kappa shape index (κ2) is 7.36. The number of nitrogens with zero attached hydrogens (tertiary/aromatic N) is 4. The highest BCUT2D eigenvalue weighted by atomic mass is 32.2. The number of fused-ring (bicyclic) bond motifs is 3. The predicted octanol–water partition coefficient (Wildman–Crippen LogP) is 2.58. The topological polar surface area (TPSA) is 138 Å². The number of aromatic nitrogens is 3. The Labute approximate surface area is 217 Å². The molecule has 4 aromatic rings. The van der Waals surface area contributed by atoms with Gasteiger partial charge < -0.3 is 5.11 Å². The minimum Gasteiger partial charge on any atom is -0.375 e. The molecule has 0 fully saturated rings. The van der Waals surface area contributed by atoms with Gasteiger partial charge in [-0.05, 0) is 44.0 Å². The minimum absolute atomic E-state index is 0.0122. The molecule has 0 saturated heterocycles. The molecule has 0 bridgehead atoms. The van der Waals surface area contributed by atoms with Crippen molar-refractivity contribution in [3.8, 4) is 0 Å². The second-order valence-electron chi connectivity index (χ2n) is 9.83. The molecule has 0 radical (unpaired) electrons. The molecule has 1 atom stereocenters. The molecule has 4 heterocycles. The van der Waals surface area contributed by atoms with E-state index in [9.17, 15) is 23.1 Å². The van der Waals surface area contributed by atoms with Crippen molar-refractivity contribution in [1.82, 2.24) is 14.2 Å². The van der Waals surface area contributed by atoms with Crippen molar-refractivity contribution < 1.29 is 23.1 Å². The van der Waals surface area contributed by atoms with E-state index in [1.165, 1.54) is 30.2 Å². The van der Waals surface area contributed by atoms with Gasteiger partial charge in [-0.15, -0.1) is 0 Å². The van der Waals surface area contributed by atoms with Gasteiger partial charge in [0.05, 0.1) is 21.9 Å². The van der Waals surface area contributed by atoms with E-state index in [4.69, 9.17) is 0 Å². The number of aliphatic hydroxyl groups is 1. The van der Waals surface area contributed by atoms with Crippen LogP contribution in [0.3, 0.4) is 0 Å². The lowest BCUT2D eigenvalue weighted by Gasteiger charge is -2.23. The molecule has 7 rings (SSSR count). The number of hydrogen-bond donors (Lipinski definition) is 2. The number of carbonyl (C=O) groups is 2. The van der Waals surface area contributed by atoms with Gasteiger partial charge in [-0.1, -0.05) is 35.9 Å². The maximum absolute atomic E-state index is 13.9. The molecule has 38 heavy (non-hydrogen) atoms. The first-order valence-electron chi connectivity index (χ1n) is 12.0. The summed E-state index contributed by atoms with van der Waals surface area (Å²) in [6, 6.07) is 13.3. The van der Waals surface area contributed by atoms with Gasteiger partial charge in [0.25, 0.3) is 15.9 Å². The Balaban J connectivity index is 1.43. The quantitative estimate of drug-likeness (QED) is 0.370. The fraction of sp³-hybridized carbons (Fsp3) is 0.185. The summed E-state index contributed by atoms with van der Waals surface area (Å²) in [6.07, 6.45) is 1.95. The van der Waals surface area contributed by atoms with Gasteiger partial charge in [0.15, 0.2) is 11.4 Å². The van der Waals surface area contributed by atoms with Crippen LogP contribution in [-0.4, -0.2) is 51.6 Å². The third kappa shape index (κ3) is 2.77. The molecule has 190 valence electrons. The molecular weight excluding hydrogens is 506 g/mol. The molecule has 2 aliphatic heterocycles. The molecule has 11 heteroatoms. The molecule has 1 aliphatic carbocycles. The van der Waals surface area contributed by atoms with Crippen molar-refractivity contribution in [3.05, 3.63) is 93.9 Å². The molecule has 2 aromatic carbocycles. The van der Waals surface area contributed by atoms with Gasteiger partial charge in [0.1, 0.15) is 11.4 Å². The number of hydrogen-bond acceptors (Lipinski definition) is 7. The van der Waals surface area contributed by atoms with Gasteiger partial charge >= 0.3 is 0 Å². The summed E-state index contributed by atoms with van der Waals surface area (Å²) in [7, 11) is -4.08. The number of rotatable bonds is 3.